The van der Waals surface area contributed by atoms with E-state index >= 15 is 0 Å². The average molecular weight is 356 g/mol. The van der Waals surface area contributed by atoms with Crippen LogP contribution in [0.25, 0.3) is 11.3 Å². The van der Waals surface area contributed by atoms with Crippen molar-refractivity contribution < 1.29 is 31.1 Å². The third kappa shape index (κ3) is 4.07. The molecular formula is C14H8ClF6NO. The zero-order valence-electron chi connectivity index (χ0n) is 11.2. The van der Waals surface area contributed by atoms with Crippen LogP contribution < -0.4 is 4.74 Å². The van der Waals surface area contributed by atoms with Gasteiger partial charge in [-0.3, -0.25) is 4.98 Å². The Morgan fingerprint density at radius 1 is 1.00 bits per heavy atom. The highest BCUT2D eigenvalue weighted by Gasteiger charge is 2.38. The first-order valence-electron chi connectivity index (χ1n) is 6.09. The lowest BCUT2D eigenvalue weighted by Gasteiger charge is -2.18. The Labute approximate surface area is 131 Å². The van der Waals surface area contributed by atoms with E-state index in [1.165, 1.54) is 12.1 Å². The molecular weight excluding hydrogens is 348 g/mol. The normalized spacial score (nSPS) is 12.3. The number of aromatic nitrogens is 1. The Balaban J connectivity index is 2.69. The van der Waals surface area contributed by atoms with Gasteiger partial charge in [0, 0.05) is 17.6 Å². The average Bonchev–Trinajstić information content (AvgIpc) is 2.44. The van der Waals surface area contributed by atoms with Crippen molar-refractivity contribution in [1.82, 2.24) is 4.98 Å². The molecule has 1 aromatic carbocycles. The molecule has 1 heterocycles. The van der Waals surface area contributed by atoms with Gasteiger partial charge >= 0.3 is 12.5 Å². The Hall–Kier alpha value is -1.96. The highest BCUT2D eigenvalue weighted by atomic mass is 35.5. The highest BCUT2D eigenvalue weighted by Crippen LogP contribution is 2.42. The smallest absolute Gasteiger partial charge is 0.405 e. The molecule has 0 N–H and O–H groups in total. The second kappa shape index (κ2) is 6.27. The van der Waals surface area contributed by atoms with Gasteiger partial charge in [0.2, 0.25) is 0 Å². The third-order valence-electron chi connectivity index (χ3n) is 2.83. The van der Waals surface area contributed by atoms with E-state index in [-0.39, 0.29) is 5.56 Å². The lowest BCUT2D eigenvalue weighted by Crippen LogP contribution is -2.18. The fourth-order valence-electron chi connectivity index (χ4n) is 2.01. The van der Waals surface area contributed by atoms with E-state index in [4.69, 9.17) is 11.6 Å². The minimum atomic E-state index is -5.04. The number of ether oxygens (including phenoxy) is 1. The number of hydrogen-bond acceptors (Lipinski definition) is 2. The monoisotopic (exact) mass is 355 g/mol. The summed E-state index contributed by atoms with van der Waals surface area (Å²) in [6.45, 7) is 0. The van der Waals surface area contributed by atoms with Crippen LogP contribution in [0, 0.1) is 0 Å². The van der Waals surface area contributed by atoms with Gasteiger partial charge in [-0.2, -0.15) is 13.2 Å². The van der Waals surface area contributed by atoms with Gasteiger partial charge in [-0.25, -0.2) is 0 Å². The SMILES string of the molecule is FC(F)(F)Oc1ccccc1-c1nccc(CCl)c1C(F)(F)F. The first-order chi connectivity index (χ1) is 10.6. The number of rotatable bonds is 3. The number of para-hydroxylation sites is 1. The van der Waals surface area contributed by atoms with Crippen molar-refractivity contribution in [1.29, 1.82) is 0 Å². The summed E-state index contributed by atoms with van der Waals surface area (Å²) < 4.78 is 80.9. The van der Waals surface area contributed by atoms with E-state index in [9.17, 15) is 26.3 Å². The summed E-state index contributed by atoms with van der Waals surface area (Å²) in [4.78, 5) is 3.59. The molecule has 2 nitrogen and oxygen atoms in total. The van der Waals surface area contributed by atoms with Crippen LogP contribution in [0.15, 0.2) is 36.5 Å². The molecule has 2 rings (SSSR count). The van der Waals surface area contributed by atoms with Crippen LogP contribution in [-0.2, 0) is 12.1 Å². The van der Waals surface area contributed by atoms with Gasteiger partial charge in [0.1, 0.15) is 5.75 Å². The number of halogens is 7. The molecule has 0 spiro atoms. The zero-order valence-corrected chi connectivity index (χ0v) is 11.9. The summed E-state index contributed by atoms with van der Waals surface area (Å²) in [5.41, 5.74) is -2.57. The second-order valence-electron chi connectivity index (χ2n) is 4.37. The topological polar surface area (TPSA) is 22.1 Å². The van der Waals surface area contributed by atoms with Crippen LogP contribution in [0.2, 0.25) is 0 Å². The number of nitrogens with zero attached hydrogens (tertiary/aromatic N) is 1. The van der Waals surface area contributed by atoms with Crippen LogP contribution in [0.5, 0.6) is 5.75 Å². The van der Waals surface area contributed by atoms with Crippen molar-refractivity contribution in [2.24, 2.45) is 0 Å². The fourth-order valence-corrected chi connectivity index (χ4v) is 2.23. The van der Waals surface area contributed by atoms with E-state index in [1.54, 1.807) is 0 Å². The minimum absolute atomic E-state index is 0.286. The molecule has 9 heteroatoms. The summed E-state index contributed by atoms with van der Waals surface area (Å²) in [7, 11) is 0. The van der Waals surface area contributed by atoms with Crippen molar-refractivity contribution in [3.63, 3.8) is 0 Å². The van der Waals surface area contributed by atoms with Gasteiger partial charge in [0.05, 0.1) is 11.3 Å². The van der Waals surface area contributed by atoms with Gasteiger partial charge in [-0.1, -0.05) is 12.1 Å². The number of alkyl halides is 7. The molecule has 0 saturated carbocycles. The van der Waals surface area contributed by atoms with Crippen LogP contribution in [0.3, 0.4) is 0 Å². The van der Waals surface area contributed by atoms with E-state index in [2.05, 4.69) is 9.72 Å². The van der Waals surface area contributed by atoms with E-state index in [0.717, 1.165) is 24.4 Å². The summed E-state index contributed by atoms with van der Waals surface area (Å²) in [6.07, 6.45) is -8.83. The fraction of sp³-hybridized carbons (Fsp3) is 0.214. The molecule has 0 fully saturated rings. The maximum absolute atomic E-state index is 13.3. The van der Waals surface area contributed by atoms with Crippen molar-refractivity contribution in [3.8, 4) is 17.0 Å². The van der Waals surface area contributed by atoms with Crippen molar-refractivity contribution in [2.45, 2.75) is 18.4 Å². The molecule has 0 aliphatic carbocycles. The number of pyridine rings is 1. The summed E-state index contributed by atoms with van der Waals surface area (Å²) in [6, 6.07) is 5.54. The Bertz CT molecular complexity index is 698. The molecule has 0 saturated heterocycles. The van der Waals surface area contributed by atoms with Crippen molar-refractivity contribution >= 4 is 11.6 Å². The van der Waals surface area contributed by atoms with E-state index in [0.29, 0.717) is 0 Å². The van der Waals surface area contributed by atoms with Gasteiger partial charge in [-0.05, 0) is 23.8 Å². The van der Waals surface area contributed by atoms with Crippen molar-refractivity contribution in [3.05, 3.63) is 47.7 Å². The third-order valence-corrected chi connectivity index (χ3v) is 3.12. The quantitative estimate of drug-likeness (QED) is 0.543. The Kier molecular flexibility index (Phi) is 4.74. The molecule has 0 aliphatic rings. The van der Waals surface area contributed by atoms with Crippen LogP contribution in [-0.4, -0.2) is 11.3 Å². The lowest BCUT2D eigenvalue weighted by molar-refractivity contribution is -0.274. The molecule has 2 aromatic rings. The van der Waals surface area contributed by atoms with Gasteiger partial charge in [0.15, 0.2) is 0 Å². The Morgan fingerprint density at radius 2 is 1.65 bits per heavy atom. The van der Waals surface area contributed by atoms with Crippen molar-refractivity contribution in [2.75, 3.05) is 0 Å². The molecule has 124 valence electrons. The lowest BCUT2D eigenvalue weighted by atomic mass is 10.0. The molecule has 0 atom stereocenters. The molecule has 23 heavy (non-hydrogen) atoms. The first kappa shape index (κ1) is 17.4. The summed E-state index contributed by atoms with van der Waals surface area (Å²) in [5, 5.41) is 0. The molecule has 0 radical (unpaired) electrons. The summed E-state index contributed by atoms with van der Waals surface area (Å²) in [5.74, 6) is -1.24. The van der Waals surface area contributed by atoms with Gasteiger partial charge in [-0.15, -0.1) is 24.8 Å². The number of benzene rings is 1. The van der Waals surface area contributed by atoms with Gasteiger partial charge < -0.3 is 4.74 Å². The standard InChI is InChI=1S/C14H8ClF6NO/c15-7-8-5-6-22-12(11(8)13(16,17)18)9-3-1-2-4-10(9)23-14(19,20)21/h1-6H,7H2. The van der Waals surface area contributed by atoms with Crippen LogP contribution in [0.4, 0.5) is 26.3 Å². The molecule has 0 aliphatic heterocycles. The second-order valence-corrected chi connectivity index (χ2v) is 4.64. The maximum atomic E-state index is 13.3. The maximum Gasteiger partial charge on any atom is 0.573 e. The van der Waals surface area contributed by atoms with Gasteiger partial charge in [0.25, 0.3) is 0 Å². The minimum Gasteiger partial charge on any atom is -0.405 e. The predicted molar refractivity (Wildman–Crippen MR) is 70.9 cm³/mol. The van der Waals surface area contributed by atoms with Crippen LogP contribution in [0.1, 0.15) is 11.1 Å². The predicted octanol–water partition coefficient (Wildman–Crippen LogP) is 5.40. The highest BCUT2D eigenvalue weighted by molar-refractivity contribution is 6.17. The van der Waals surface area contributed by atoms with Crippen LogP contribution >= 0.6 is 11.6 Å². The molecule has 0 bridgehead atoms. The van der Waals surface area contributed by atoms with E-state index < -0.39 is 41.0 Å². The molecule has 0 unspecified atom stereocenters. The Morgan fingerprint density at radius 3 is 2.22 bits per heavy atom. The molecule has 0 amide bonds. The molecule has 1 aromatic heterocycles. The van der Waals surface area contributed by atoms with E-state index in [1.807, 2.05) is 0 Å². The number of hydrogen-bond donors (Lipinski definition) is 0. The first-order valence-corrected chi connectivity index (χ1v) is 6.63. The largest absolute Gasteiger partial charge is 0.573 e. The summed E-state index contributed by atoms with van der Waals surface area (Å²) >= 11 is 5.50. The zero-order chi connectivity index (χ0) is 17.3.